The van der Waals surface area contributed by atoms with Crippen LogP contribution < -0.4 is 0 Å². The van der Waals surface area contributed by atoms with Crippen molar-refractivity contribution < 1.29 is 22.0 Å². The van der Waals surface area contributed by atoms with Crippen molar-refractivity contribution in [3.63, 3.8) is 0 Å². The fourth-order valence-electron chi connectivity index (χ4n) is 3.69. The summed E-state index contributed by atoms with van der Waals surface area (Å²) in [6.07, 6.45) is -3.04. The number of aryl methyl sites for hydroxylation is 1. The van der Waals surface area contributed by atoms with Crippen LogP contribution >= 0.6 is 0 Å². The Bertz CT molecular complexity index is 1200. The van der Waals surface area contributed by atoms with Crippen LogP contribution in [-0.2, 0) is 12.6 Å². The van der Waals surface area contributed by atoms with Crippen molar-refractivity contribution in [2.45, 2.75) is 25.9 Å². The predicted molar refractivity (Wildman–Crippen MR) is 106 cm³/mol. The van der Waals surface area contributed by atoms with Gasteiger partial charge in [0.1, 0.15) is 11.6 Å². The molecule has 0 aromatic heterocycles. The third kappa shape index (κ3) is 3.46. The van der Waals surface area contributed by atoms with Crippen molar-refractivity contribution in [3.05, 3.63) is 83.4 Å². The summed E-state index contributed by atoms with van der Waals surface area (Å²) >= 11 is 0. The monoisotopic (exact) mass is 400 g/mol. The molecule has 0 nitrogen and oxygen atoms in total. The molecule has 0 aliphatic carbocycles. The van der Waals surface area contributed by atoms with E-state index in [1.165, 1.54) is 18.2 Å². The van der Waals surface area contributed by atoms with Gasteiger partial charge in [-0.2, -0.15) is 13.2 Å². The highest BCUT2D eigenvalue weighted by atomic mass is 19.4. The van der Waals surface area contributed by atoms with Crippen LogP contribution in [0.15, 0.2) is 60.7 Å². The van der Waals surface area contributed by atoms with E-state index in [2.05, 4.69) is 0 Å². The van der Waals surface area contributed by atoms with Crippen molar-refractivity contribution >= 4 is 21.5 Å². The molecule has 0 N–H and O–H groups in total. The first-order chi connectivity index (χ1) is 13.8. The van der Waals surface area contributed by atoms with Gasteiger partial charge in [0.2, 0.25) is 0 Å². The first kappa shape index (κ1) is 19.4. The second kappa shape index (κ2) is 7.14. The zero-order chi connectivity index (χ0) is 20.8. The van der Waals surface area contributed by atoms with Crippen LogP contribution in [0.5, 0.6) is 0 Å². The second-order valence-electron chi connectivity index (χ2n) is 7.08. The van der Waals surface area contributed by atoms with Gasteiger partial charge >= 0.3 is 6.18 Å². The molecule has 4 rings (SSSR count). The number of rotatable bonds is 3. The molecule has 0 atom stereocenters. The van der Waals surface area contributed by atoms with Crippen LogP contribution in [0.2, 0.25) is 0 Å². The number of fused-ring (bicyclic) bond motifs is 3. The molecule has 0 saturated heterocycles. The van der Waals surface area contributed by atoms with E-state index in [0.717, 1.165) is 18.6 Å². The van der Waals surface area contributed by atoms with Crippen LogP contribution in [0.25, 0.3) is 32.7 Å². The molecule has 4 aromatic carbocycles. The maximum absolute atomic E-state index is 14.8. The summed E-state index contributed by atoms with van der Waals surface area (Å²) in [4.78, 5) is 0. The molecule has 0 unspecified atom stereocenters. The van der Waals surface area contributed by atoms with E-state index in [0.29, 0.717) is 39.3 Å². The molecule has 0 heterocycles. The molecule has 148 valence electrons. The Kier molecular flexibility index (Phi) is 4.77. The summed E-state index contributed by atoms with van der Waals surface area (Å²) in [6, 6.07) is 14.4. The smallest absolute Gasteiger partial charge is 0.206 e. The fourth-order valence-corrected chi connectivity index (χ4v) is 3.69. The standard InChI is InChI=1S/C24H17F5/c1-2-3-15-6-10-19-18-11-7-16(12-20(18)22(25)13-21(19)23(15)26)14-4-8-17(9-5-14)24(27,28)29/h4-13H,2-3H2,1H3. The topological polar surface area (TPSA) is 0 Å². The van der Waals surface area contributed by atoms with Crippen molar-refractivity contribution in [1.29, 1.82) is 0 Å². The van der Waals surface area contributed by atoms with Gasteiger partial charge in [-0.3, -0.25) is 0 Å². The SMILES string of the molecule is CCCc1ccc2c(cc(F)c3cc(-c4ccc(C(F)(F)F)cc4)ccc32)c1F. The molecule has 5 heteroatoms. The Morgan fingerprint density at radius 2 is 1.31 bits per heavy atom. The summed E-state index contributed by atoms with van der Waals surface area (Å²) in [5.41, 5.74) is 0.953. The summed E-state index contributed by atoms with van der Waals surface area (Å²) < 4.78 is 67.9. The lowest BCUT2D eigenvalue weighted by Crippen LogP contribution is -2.03. The van der Waals surface area contributed by atoms with Gasteiger partial charge in [-0.1, -0.05) is 49.7 Å². The Balaban J connectivity index is 1.85. The van der Waals surface area contributed by atoms with Gasteiger partial charge in [0.15, 0.2) is 0 Å². The molecule has 0 saturated carbocycles. The minimum atomic E-state index is -4.41. The lowest BCUT2D eigenvalue weighted by molar-refractivity contribution is -0.137. The highest BCUT2D eigenvalue weighted by Crippen LogP contribution is 2.35. The van der Waals surface area contributed by atoms with Crippen LogP contribution in [0.4, 0.5) is 22.0 Å². The Morgan fingerprint density at radius 1 is 0.690 bits per heavy atom. The third-order valence-corrected chi connectivity index (χ3v) is 5.16. The highest BCUT2D eigenvalue weighted by molar-refractivity contribution is 6.09. The molecule has 0 radical (unpaired) electrons. The lowest BCUT2D eigenvalue weighted by atomic mass is 9.95. The zero-order valence-electron chi connectivity index (χ0n) is 15.6. The summed E-state index contributed by atoms with van der Waals surface area (Å²) in [7, 11) is 0. The van der Waals surface area contributed by atoms with Gasteiger partial charge < -0.3 is 0 Å². The molecule has 0 aliphatic heterocycles. The highest BCUT2D eigenvalue weighted by Gasteiger charge is 2.30. The summed E-state index contributed by atoms with van der Waals surface area (Å²) in [5, 5.41) is 1.72. The van der Waals surface area contributed by atoms with Gasteiger partial charge in [0.05, 0.1) is 5.56 Å². The Labute approximate surface area is 164 Å². The normalized spacial score (nSPS) is 12.1. The van der Waals surface area contributed by atoms with Crippen LogP contribution in [0.1, 0.15) is 24.5 Å². The van der Waals surface area contributed by atoms with Gasteiger partial charge in [0, 0.05) is 10.8 Å². The number of hydrogen-bond acceptors (Lipinski definition) is 0. The number of hydrogen-bond donors (Lipinski definition) is 0. The number of benzene rings is 4. The minimum Gasteiger partial charge on any atom is -0.206 e. The van der Waals surface area contributed by atoms with Crippen molar-refractivity contribution in [1.82, 2.24) is 0 Å². The van der Waals surface area contributed by atoms with E-state index in [4.69, 9.17) is 0 Å². The van der Waals surface area contributed by atoms with E-state index in [1.54, 1.807) is 30.3 Å². The first-order valence-electron chi connectivity index (χ1n) is 9.30. The van der Waals surface area contributed by atoms with Crippen molar-refractivity contribution in [3.8, 4) is 11.1 Å². The number of alkyl halides is 3. The maximum atomic E-state index is 14.8. The van der Waals surface area contributed by atoms with E-state index in [1.807, 2.05) is 6.92 Å². The molecule has 0 spiro atoms. The molecule has 0 aliphatic rings. The fraction of sp³-hybridized carbons (Fsp3) is 0.167. The largest absolute Gasteiger partial charge is 0.416 e. The second-order valence-corrected chi connectivity index (χ2v) is 7.08. The summed E-state index contributed by atoms with van der Waals surface area (Å²) in [6.45, 7) is 1.95. The van der Waals surface area contributed by atoms with Gasteiger partial charge in [-0.05, 0) is 58.1 Å². The summed E-state index contributed by atoms with van der Waals surface area (Å²) in [5.74, 6) is -0.967. The molecule has 0 amide bonds. The first-order valence-corrected chi connectivity index (χ1v) is 9.30. The molecular formula is C24H17F5. The molecule has 4 aromatic rings. The van der Waals surface area contributed by atoms with Crippen LogP contribution in [0, 0.1) is 11.6 Å². The Morgan fingerprint density at radius 3 is 1.97 bits per heavy atom. The quantitative estimate of drug-likeness (QED) is 0.242. The Hall–Kier alpha value is -2.95. The lowest BCUT2D eigenvalue weighted by Gasteiger charge is -2.12. The van der Waals surface area contributed by atoms with E-state index >= 15 is 0 Å². The van der Waals surface area contributed by atoms with Crippen LogP contribution in [0.3, 0.4) is 0 Å². The maximum Gasteiger partial charge on any atom is 0.416 e. The van der Waals surface area contributed by atoms with Crippen molar-refractivity contribution in [2.75, 3.05) is 0 Å². The van der Waals surface area contributed by atoms with Crippen molar-refractivity contribution in [2.24, 2.45) is 0 Å². The molecule has 29 heavy (non-hydrogen) atoms. The van der Waals surface area contributed by atoms with Gasteiger partial charge in [-0.15, -0.1) is 0 Å². The van der Waals surface area contributed by atoms with E-state index in [-0.39, 0.29) is 5.39 Å². The molecule has 0 bridgehead atoms. The minimum absolute atomic E-state index is 0.239. The average Bonchev–Trinajstić information content (AvgIpc) is 2.70. The van der Waals surface area contributed by atoms with E-state index in [9.17, 15) is 22.0 Å². The molecular weight excluding hydrogens is 383 g/mol. The van der Waals surface area contributed by atoms with Crippen LogP contribution in [-0.4, -0.2) is 0 Å². The predicted octanol–water partition coefficient (Wildman–Crippen LogP) is 7.91. The zero-order valence-corrected chi connectivity index (χ0v) is 15.6. The van der Waals surface area contributed by atoms with Gasteiger partial charge in [0.25, 0.3) is 0 Å². The van der Waals surface area contributed by atoms with Gasteiger partial charge in [-0.25, -0.2) is 8.78 Å². The molecule has 0 fully saturated rings. The average molecular weight is 400 g/mol. The third-order valence-electron chi connectivity index (χ3n) is 5.16. The van der Waals surface area contributed by atoms with E-state index < -0.39 is 23.4 Å². The number of halogens is 5.